The van der Waals surface area contributed by atoms with E-state index in [-0.39, 0.29) is 5.91 Å². The first kappa shape index (κ1) is 16.8. The summed E-state index contributed by atoms with van der Waals surface area (Å²) in [6.07, 6.45) is 0. The quantitative estimate of drug-likeness (QED) is 0.767. The number of hydrogen-bond acceptors (Lipinski definition) is 4. The number of aryl methyl sites for hydroxylation is 2. The van der Waals surface area contributed by atoms with Crippen molar-refractivity contribution in [3.8, 4) is 17.1 Å². The highest BCUT2D eigenvalue weighted by molar-refractivity contribution is 6.00. The minimum Gasteiger partial charge on any atom is -0.497 e. The van der Waals surface area contributed by atoms with Gasteiger partial charge in [0.15, 0.2) is 5.76 Å². The number of methoxy groups -OCH3 is 1. The first-order chi connectivity index (χ1) is 12.1. The normalized spacial score (nSPS) is 10.5. The Kier molecular flexibility index (Phi) is 4.84. The number of amides is 1. The Balaban J connectivity index is 1.83. The molecule has 5 heteroatoms. The first-order valence-corrected chi connectivity index (χ1v) is 8.03. The van der Waals surface area contributed by atoms with Crippen molar-refractivity contribution in [3.63, 3.8) is 0 Å². The predicted molar refractivity (Wildman–Crippen MR) is 95.6 cm³/mol. The summed E-state index contributed by atoms with van der Waals surface area (Å²) in [7, 11) is 1.62. The van der Waals surface area contributed by atoms with Crippen molar-refractivity contribution in [2.75, 3.05) is 7.11 Å². The molecule has 0 unspecified atom stereocenters. The molecule has 0 radical (unpaired) electrons. The van der Waals surface area contributed by atoms with Gasteiger partial charge >= 0.3 is 0 Å². The van der Waals surface area contributed by atoms with Crippen molar-refractivity contribution in [3.05, 3.63) is 70.9 Å². The summed E-state index contributed by atoms with van der Waals surface area (Å²) >= 11 is 0. The Bertz CT molecular complexity index is 899. The molecular formula is C20H20N2O3. The van der Waals surface area contributed by atoms with Gasteiger partial charge in [-0.25, -0.2) is 0 Å². The summed E-state index contributed by atoms with van der Waals surface area (Å²) in [5.41, 5.74) is 3.90. The van der Waals surface area contributed by atoms with Crippen LogP contribution < -0.4 is 10.1 Å². The van der Waals surface area contributed by atoms with Crippen molar-refractivity contribution < 1.29 is 14.1 Å². The van der Waals surface area contributed by atoms with Crippen LogP contribution in [0.5, 0.6) is 5.75 Å². The van der Waals surface area contributed by atoms with E-state index in [9.17, 15) is 4.79 Å². The molecule has 0 aliphatic carbocycles. The lowest BCUT2D eigenvalue weighted by atomic mass is 10.0. The highest BCUT2D eigenvalue weighted by Gasteiger charge is 2.22. The average Bonchev–Trinajstić information content (AvgIpc) is 3.01. The lowest BCUT2D eigenvalue weighted by Gasteiger charge is -2.08. The Morgan fingerprint density at radius 1 is 1.16 bits per heavy atom. The molecular weight excluding hydrogens is 316 g/mol. The zero-order valence-electron chi connectivity index (χ0n) is 14.5. The second kappa shape index (κ2) is 7.21. The summed E-state index contributed by atoms with van der Waals surface area (Å²) in [5, 5.41) is 6.91. The van der Waals surface area contributed by atoms with E-state index >= 15 is 0 Å². The van der Waals surface area contributed by atoms with Gasteiger partial charge in [0.05, 0.1) is 12.8 Å². The van der Waals surface area contributed by atoms with E-state index in [1.54, 1.807) is 14.0 Å². The smallest absolute Gasteiger partial charge is 0.257 e. The predicted octanol–water partition coefficient (Wildman–Crippen LogP) is 3.90. The molecule has 3 aromatic rings. The van der Waals surface area contributed by atoms with E-state index in [4.69, 9.17) is 9.26 Å². The molecule has 128 valence electrons. The van der Waals surface area contributed by atoms with Crippen molar-refractivity contribution in [1.82, 2.24) is 10.5 Å². The van der Waals surface area contributed by atoms with Gasteiger partial charge < -0.3 is 14.6 Å². The second-order valence-electron chi connectivity index (χ2n) is 5.82. The summed E-state index contributed by atoms with van der Waals surface area (Å²) in [4.78, 5) is 12.7. The van der Waals surface area contributed by atoms with Crippen LogP contribution >= 0.6 is 0 Å². The molecule has 0 saturated heterocycles. The molecule has 0 aliphatic rings. The van der Waals surface area contributed by atoms with Gasteiger partial charge in [-0.2, -0.15) is 0 Å². The summed E-state index contributed by atoms with van der Waals surface area (Å²) < 4.78 is 10.6. The van der Waals surface area contributed by atoms with Crippen molar-refractivity contribution in [2.45, 2.75) is 20.4 Å². The summed E-state index contributed by atoms with van der Waals surface area (Å²) in [6, 6.07) is 15.4. The zero-order chi connectivity index (χ0) is 17.8. The molecule has 0 atom stereocenters. The molecule has 0 saturated carbocycles. The lowest BCUT2D eigenvalue weighted by Crippen LogP contribution is -2.23. The Labute approximate surface area is 146 Å². The van der Waals surface area contributed by atoms with Gasteiger partial charge in [0, 0.05) is 12.1 Å². The SMILES string of the molecule is COc1cccc(CNC(=O)c2c(C)noc2-c2ccccc2C)c1. The number of carbonyl (C=O) groups excluding carboxylic acids is 1. The van der Waals surface area contributed by atoms with E-state index < -0.39 is 0 Å². The first-order valence-electron chi connectivity index (χ1n) is 8.03. The van der Waals surface area contributed by atoms with E-state index in [2.05, 4.69) is 10.5 Å². The number of aromatic nitrogens is 1. The minimum atomic E-state index is -0.208. The molecule has 25 heavy (non-hydrogen) atoms. The topological polar surface area (TPSA) is 64.4 Å². The summed E-state index contributed by atoms with van der Waals surface area (Å²) in [6.45, 7) is 4.14. The Morgan fingerprint density at radius 2 is 1.96 bits per heavy atom. The molecule has 1 amide bonds. The molecule has 2 aromatic carbocycles. The zero-order valence-corrected chi connectivity index (χ0v) is 14.5. The molecule has 5 nitrogen and oxygen atoms in total. The van der Waals surface area contributed by atoms with Crippen molar-refractivity contribution in [2.24, 2.45) is 0 Å². The van der Waals surface area contributed by atoms with Crippen LogP contribution in [0, 0.1) is 13.8 Å². The minimum absolute atomic E-state index is 0.208. The Hall–Kier alpha value is -3.08. The van der Waals surface area contributed by atoms with Crippen molar-refractivity contribution >= 4 is 5.91 Å². The fourth-order valence-electron chi connectivity index (χ4n) is 2.70. The number of carbonyl (C=O) groups is 1. The Morgan fingerprint density at radius 3 is 2.72 bits per heavy atom. The molecule has 1 N–H and O–H groups in total. The number of nitrogens with one attached hydrogen (secondary N) is 1. The van der Waals surface area contributed by atoms with Crippen molar-refractivity contribution in [1.29, 1.82) is 0 Å². The second-order valence-corrected chi connectivity index (χ2v) is 5.82. The highest BCUT2D eigenvalue weighted by atomic mass is 16.5. The van der Waals surface area contributed by atoms with Crippen LogP contribution in [0.3, 0.4) is 0 Å². The summed E-state index contributed by atoms with van der Waals surface area (Å²) in [5.74, 6) is 1.05. The molecule has 3 rings (SSSR count). The van der Waals surface area contributed by atoms with Gasteiger partial charge in [-0.15, -0.1) is 0 Å². The van der Waals surface area contributed by atoms with Gasteiger partial charge in [-0.1, -0.05) is 41.6 Å². The monoisotopic (exact) mass is 336 g/mol. The maximum Gasteiger partial charge on any atom is 0.257 e. The number of nitrogens with zero attached hydrogens (tertiary/aromatic N) is 1. The molecule has 0 spiro atoms. The van der Waals surface area contributed by atoms with Crippen LogP contribution in [0.15, 0.2) is 53.1 Å². The van der Waals surface area contributed by atoms with Crippen LogP contribution in [0.2, 0.25) is 0 Å². The molecule has 0 aliphatic heterocycles. The van der Waals surface area contributed by atoms with E-state index in [1.807, 2.05) is 55.5 Å². The number of ether oxygens (including phenoxy) is 1. The van der Waals surface area contributed by atoms with Gasteiger partial charge in [0.1, 0.15) is 11.3 Å². The van der Waals surface area contributed by atoms with Crippen LogP contribution in [-0.2, 0) is 6.54 Å². The third kappa shape index (κ3) is 3.55. The maximum absolute atomic E-state index is 12.7. The van der Waals surface area contributed by atoms with E-state index in [1.165, 1.54) is 0 Å². The number of hydrogen-bond donors (Lipinski definition) is 1. The fraction of sp³-hybridized carbons (Fsp3) is 0.200. The molecule has 0 fully saturated rings. The van der Waals surface area contributed by atoms with Crippen LogP contribution in [0.1, 0.15) is 27.2 Å². The third-order valence-corrected chi connectivity index (χ3v) is 4.07. The van der Waals surface area contributed by atoms with Crippen LogP contribution in [0.25, 0.3) is 11.3 Å². The molecule has 1 aromatic heterocycles. The fourth-order valence-corrected chi connectivity index (χ4v) is 2.70. The van der Waals surface area contributed by atoms with Gasteiger partial charge in [0.25, 0.3) is 5.91 Å². The van der Waals surface area contributed by atoms with Gasteiger partial charge in [-0.05, 0) is 37.1 Å². The molecule has 1 heterocycles. The van der Waals surface area contributed by atoms with E-state index in [0.29, 0.717) is 23.6 Å². The standard InChI is InChI=1S/C20H20N2O3/c1-13-7-4-5-10-17(13)19-18(14(2)22-25-19)20(23)21-12-15-8-6-9-16(11-15)24-3/h4-11H,12H2,1-3H3,(H,21,23). The average molecular weight is 336 g/mol. The maximum atomic E-state index is 12.7. The highest BCUT2D eigenvalue weighted by Crippen LogP contribution is 2.28. The van der Waals surface area contributed by atoms with Gasteiger partial charge in [0.2, 0.25) is 0 Å². The van der Waals surface area contributed by atoms with Gasteiger partial charge in [-0.3, -0.25) is 4.79 Å². The number of benzene rings is 2. The van der Waals surface area contributed by atoms with Crippen LogP contribution in [0.4, 0.5) is 0 Å². The number of rotatable bonds is 5. The molecule has 0 bridgehead atoms. The lowest BCUT2D eigenvalue weighted by molar-refractivity contribution is 0.0950. The van der Waals surface area contributed by atoms with E-state index in [0.717, 1.165) is 22.4 Å². The third-order valence-electron chi connectivity index (χ3n) is 4.07. The largest absolute Gasteiger partial charge is 0.497 e. The van der Waals surface area contributed by atoms with Crippen LogP contribution in [-0.4, -0.2) is 18.2 Å².